The van der Waals surface area contributed by atoms with Gasteiger partial charge in [-0.3, -0.25) is 9.59 Å². The molecule has 3 atom stereocenters. The maximum Gasteiger partial charge on any atom is 0.254 e. The Kier molecular flexibility index (Phi) is 3.77. The lowest BCUT2D eigenvalue weighted by Crippen LogP contribution is -2.47. The van der Waals surface area contributed by atoms with Gasteiger partial charge < -0.3 is 19.7 Å². The van der Waals surface area contributed by atoms with E-state index in [1.807, 2.05) is 35.2 Å². The van der Waals surface area contributed by atoms with Crippen molar-refractivity contribution in [1.29, 1.82) is 0 Å². The molecule has 138 valence electrons. The number of nitrogens with zero attached hydrogens (tertiary/aromatic N) is 1. The molecular weight excluding hydrogens is 344 g/mol. The molecule has 5 rings (SSSR count). The first-order valence-corrected chi connectivity index (χ1v) is 9.25. The lowest BCUT2D eigenvalue weighted by molar-refractivity contribution is 0.0679. The van der Waals surface area contributed by atoms with Gasteiger partial charge in [-0.1, -0.05) is 18.2 Å². The normalized spacial score (nSPS) is 24.9. The molecule has 3 aliphatic rings. The molecule has 6 nitrogen and oxygen atoms in total. The van der Waals surface area contributed by atoms with E-state index in [1.54, 1.807) is 18.2 Å². The summed E-state index contributed by atoms with van der Waals surface area (Å²) in [4.78, 5) is 27.3. The van der Waals surface area contributed by atoms with Crippen LogP contribution in [0.4, 0.5) is 0 Å². The fraction of sp³-hybridized carbons (Fsp3) is 0.333. The number of amides is 2. The van der Waals surface area contributed by atoms with E-state index in [0.717, 1.165) is 12.8 Å². The van der Waals surface area contributed by atoms with Crippen molar-refractivity contribution in [3.63, 3.8) is 0 Å². The summed E-state index contributed by atoms with van der Waals surface area (Å²) >= 11 is 0. The van der Waals surface area contributed by atoms with E-state index in [-0.39, 0.29) is 30.7 Å². The lowest BCUT2D eigenvalue weighted by Gasteiger charge is -2.32. The second kappa shape index (κ2) is 6.30. The summed E-state index contributed by atoms with van der Waals surface area (Å²) in [5.41, 5.74) is 1.30. The summed E-state index contributed by atoms with van der Waals surface area (Å²) in [6.45, 7) is 0.877. The van der Waals surface area contributed by atoms with Crippen molar-refractivity contribution >= 4 is 11.8 Å². The molecule has 0 radical (unpaired) electrons. The van der Waals surface area contributed by atoms with E-state index in [1.165, 1.54) is 0 Å². The molecule has 2 heterocycles. The van der Waals surface area contributed by atoms with Gasteiger partial charge in [0.15, 0.2) is 11.5 Å². The Morgan fingerprint density at radius 1 is 0.963 bits per heavy atom. The predicted octanol–water partition coefficient (Wildman–Crippen LogP) is 2.45. The van der Waals surface area contributed by atoms with Gasteiger partial charge in [0.25, 0.3) is 11.8 Å². The van der Waals surface area contributed by atoms with Crippen molar-refractivity contribution in [2.45, 2.75) is 24.9 Å². The molecule has 1 N–H and O–H groups in total. The van der Waals surface area contributed by atoms with E-state index in [9.17, 15) is 9.59 Å². The van der Waals surface area contributed by atoms with Gasteiger partial charge in [-0.05, 0) is 49.1 Å². The average molecular weight is 364 g/mol. The second-order valence-corrected chi connectivity index (χ2v) is 7.36. The molecule has 3 unspecified atom stereocenters. The highest BCUT2D eigenvalue weighted by Gasteiger charge is 2.47. The highest BCUT2D eigenvalue weighted by molar-refractivity contribution is 5.96. The summed E-state index contributed by atoms with van der Waals surface area (Å²) in [7, 11) is 0. The van der Waals surface area contributed by atoms with Gasteiger partial charge >= 0.3 is 0 Å². The molecule has 2 aromatic carbocycles. The predicted molar refractivity (Wildman–Crippen MR) is 97.8 cm³/mol. The van der Waals surface area contributed by atoms with E-state index in [4.69, 9.17) is 9.47 Å². The molecule has 2 bridgehead atoms. The van der Waals surface area contributed by atoms with Crippen LogP contribution in [0, 0.1) is 5.92 Å². The third-order valence-corrected chi connectivity index (χ3v) is 5.77. The topological polar surface area (TPSA) is 67.9 Å². The van der Waals surface area contributed by atoms with Crippen molar-refractivity contribution in [2.24, 2.45) is 5.92 Å². The van der Waals surface area contributed by atoms with Gasteiger partial charge in [0.1, 0.15) is 0 Å². The second-order valence-electron chi connectivity index (χ2n) is 7.36. The smallest absolute Gasteiger partial charge is 0.254 e. The molecule has 2 aromatic rings. The molecule has 2 amide bonds. The molecule has 0 aromatic heterocycles. The van der Waals surface area contributed by atoms with Gasteiger partial charge in [0.05, 0.1) is 0 Å². The van der Waals surface area contributed by atoms with Crippen LogP contribution in [-0.2, 0) is 0 Å². The Bertz CT molecular complexity index is 898. The van der Waals surface area contributed by atoms with Crippen LogP contribution in [0.15, 0.2) is 48.5 Å². The number of piperidine rings is 1. The lowest BCUT2D eigenvalue weighted by atomic mass is 10.0. The Balaban J connectivity index is 1.25. The van der Waals surface area contributed by atoms with E-state index in [0.29, 0.717) is 35.1 Å². The molecular formula is C21H20N2O4. The summed E-state index contributed by atoms with van der Waals surface area (Å²) in [6, 6.07) is 14.9. The number of nitrogens with one attached hydrogen (secondary N) is 1. The maximum atomic E-state index is 12.9. The highest BCUT2D eigenvalue weighted by Crippen LogP contribution is 2.40. The van der Waals surface area contributed by atoms with E-state index < -0.39 is 0 Å². The third-order valence-electron chi connectivity index (χ3n) is 5.77. The largest absolute Gasteiger partial charge is 0.454 e. The zero-order valence-corrected chi connectivity index (χ0v) is 14.8. The Labute approximate surface area is 157 Å². The molecule has 2 fully saturated rings. The fourth-order valence-corrected chi connectivity index (χ4v) is 4.42. The number of likely N-dealkylation sites (tertiary alicyclic amines) is 1. The van der Waals surface area contributed by atoms with Gasteiger partial charge in [-0.15, -0.1) is 0 Å². The average Bonchev–Trinajstić information content (AvgIpc) is 3.42. The number of benzene rings is 2. The van der Waals surface area contributed by atoms with Crippen LogP contribution in [0.5, 0.6) is 11.5 Å². The zero-order valence-electron chi connectivity index (χ0n) is 14.8. The summed E-state index contributed by atoms with van der Waals surface area (Å²) in [5.74, 6) is 1.59. The van der Waals surface area contributed by atoms with Crippen molar-refractivity contribution in [3.05, 3.63) is 59.7 Å². The van der Waals surface area contributed by atoms with Crippen LogP contribution in [0.2, 0.25) is 0 Å². The number of ether oxygens (including phenoxy) is 2. The number of hydrogen-bond donors (Lipinski definition) is 1. The Morgan fingerprint density at radius 2 is 1.78 bits per heavy atom. The molecule has 27 heavy (non-hydrogen) atoms. The zero-order chi connectivity index (χ0) is 18.4. The van der Waals surface area contributed by atoms with Gasteiger partial charge in [0, 0.05) is 29.8 Å². The maximum absolute atomic E-state index is 12.9. The Hall–Kier alpha value is -3.02. The molecule has 6 heteroatoms. The summed E-state index contributed by atoms with van der Waals surface area (Å²) in [6.07, 6.45) is 1.75. The number of carbonyl (C=O) groups excluding carboxylic acids is 2. The van der Waals surface area contributed by atoms with E-state index in [2.05, 4.69) is 5.32 Å². The van der Waals surface area contributed by atoms with Crippen molar-refractivity contribution < 1.29 is 19.1 Å². The quantitative estimate of drug-likeness (QED) is 0.908. The molecule has 1 saturated heterocycles. The minimum Gasteiger partial charge on any atom is -0.454 e. The first kappa shape index (κ1) is 16.2. The number of carbonyl (C=O) groups is 2. The van der Waals surface area contributed by atoms with Crippen LogP contribution in [0.25, 0.3) is 0 Å². The molecule has 0 spiro atoms. The minimum atomic E-state index is -0.0400. The molecule has 2 aliphatic heterocycles. The van der Waals surface area contributed by atoms with Crippen molar-refractivity contribution in [2.75, 3.05) is 13.3 Å². The third kappa shape index (κ3) is 2.81. The van der Waals surface area contributed by atoms with Crippen LogP contribution < -0.4 is 14.8 Å². The highest BCUT2D eigenvalue weighted by atomic mass is 16.7. The molecule has 1 aliphatic carbocycles. The Morgan fingerprint density at radius 3 is 2.56 bits per heavy atom. The van der Waals surface area contributed by atoms with Gasteiger partial charge in [-0.25, -0.2) is 0 Å². The number of hydrogen-bond acceptors (Lipinski definition) is 4. The van der Waals surface area contributed by atoms with Crippen molar-refractivity contribution in [3.8, 4) is 11.5 Å². The number of rotatable bonds is 3. The van der Waals surface area contributed by atoms with Crippen LogP contribution in [-0.4, -0.2) is 42.1 Å². The summed E-state index contributed by atoms with van der Waals surface area (Å²) in [5, 5.41) is 3.15. The van der Waals surface area contributed by atoms with Crippen LogP contribution in [0.1, 0.15) is 33.6 Å². The summed E-state index contributed by atoms with van der Waals surface area (Å²) < 4.78 is 10.7. The standard InChI is InChI=1S/C21H20N2O4/c24-20(13-4-2-1-3-5-13)22-17-10-16-8-15(17)11-23(16)21(25)14-6-7-18-19(9-14)27-12-26-18/h1-7,9,15-17H,8,10-12H2,(H,22,24). The monoisotopic (exact) mass is 364 g/mol. The van der Waals surface area contributed by atoms with Crippen LogP contribution >= 0.6 is 0 Å². The minimum absolute atomic E-state index is 0.0219. The van der Waals surface area contributed by atoms with Crippen LogP contribution in [0.3, 0.4) is 0 Å². The van der Waals surface area contributed by atoms with Gasteiger partial charge in [0.2, 0.25) is 6.79 Å². The molecule has 1 saturated carbocycles. The fourth-order valence-electron chi connectivity index (χ4n) is 4.42. The van der Waals surface area contributed by atoms with Crippen molar-refractivity contribution in [1.82, 2.24) is 10.2 Å². The number of fused-ring (bicyclic) bond motifs is 3. The first-order chi connectivity index (χ1) is 13.2. The SMILES string of the molecule is O=C(NC1CC2CC1CN2C(=O)c1ccc2c(c1)OCO2)c1ccccc1. The first-order valence-electron chi connectivity index (χ1n) is 9.25. The van der Waals surface area contributed by atoms with Gasteiger partial charge in [-0.2, -0.15) is 0 Å². The van der Waals surface area contributed by atoms with E-state index >= 15 is 0 Å².